The molecule has 2 heterocycles. The molecule has 0 spiro atoms. The van der Waals surface area contributed by atoms with Gasteiger partial charge in [0.1, 0.15) is 5.82 Å². The Kier molecular flexibility index (Phi) is 3.67. The average Bonchev–Trinajstić information content (AvgIpc) is 2.87. The van der Waals surface area contributed by atoms with Gasteiger partial charge in [-0.25, -0.2) is 18.2 Å². The molecule has 1 aliphatic rings. The van der Waals surface area contributed by atoms with Gasteiger partial charge in [-0.1, -0.05) is 18.2 Å². The maximum atomic E-state index is 14.0. The van der Waals surface area contributed by atoms with Gasteiger partial charge in [0.05, 0.1) is 17.0 Å². The second-order valence-corrected chi connectivity index (χ2v) is 5.30. The van der Waals surface area contributed by atoms with E-state index in [2.05, 4.69) is 4.98 Å². The van der Waals surface area contributed by atoms with Crippen molar-refractivity contribution in [3.8, 4) is 11.1 Å². The number of benzene rings is 1. The molecule has 1 fully saturated rings. The maximum absolute atomic E-state index is 14.0. The number of anilines is 1. The summed E-state index contributed by atoms with van der Waals surface area (Å²) in [6.45, 7) is -0.677. The maximum Gasteiger partial charge on any atom is 0.319 e. The van der Waals surface area contributed by atoms with Crippen LogP contribution in [0.25, 0.3) is 11.1 Å². The predicted octanol–water partition coefficient (Wildman–Crippen LogP) is 3.64. The third-order valence-electron chi connectivity index (χ3n) is 3.72. The third kappa shape index (κ3) is 2.84. The first-order valence-electron chi connectivity index (χ1n) is 6.90. The molecule has 2 aromatic rings. The number of aromatic nitrogens is 1. The van der Waals surface area contributed by atoms with Gasteiger partial charge in [0, 0.05) is 24.7 Å². The van der Waals surface area contributed by atoms with Gasteiger partial charge in [-0.05, 0) is 12.1 Å². The minimum atomic E-state index is -2.91. The summed E-state index contributed by atoms with van der Waals surface area (Å²) in [6, 6.07) is 6.91. The molecule has 1 aliphatic heterocycles. The number of pyridine rings is 1. The molecule has 0 radical (unpaired) electrons. The van der Waals surface area contributed by atoms with Crippen molar-refractivity contribution in [2.75, 3.05) is 18.0 Å². The van der Waals surface area contributed by atoms with Crippen LogP contribution in [-0.2, 0) is 0 Å². The monoisotopic (exact) mass is 323 g/mol. The summed E-state index contributed by atoms with van der Waals surface area (Å²) in [7, 11) is 0. The predicted molar refractivity (Wildman–Crippen MR) is 78.1 cm³/mol. The molecule has 120 valence electrons. The zero-order valence-electron chi connectivity index (χ0n) is 11.9. The van der Waals surface area contributed by atoms with Crippen molar-refractivity contribution < 1.29 is 18.1 Å². The van der Waals surface area contributed by atoms with E-state index in [0.29, 0.717) is 0 Å². The summed E-state index contributed by atoms with van der Waals surface area (Å²) < 4.78 is 40.8. The quantitative estimate of drug-likeness (QED) is 0.639. The van der Waals surface area contributed by atoms with E-state index in [-0.39, 0.29) is 23.5 Å². The minimum absolute atomic E-state index is 0.0216. The molecule has 0 unspecified atom stereocenters. The van der Waals surface area contributed by atoms with Crippen molar-refractivity contribution in [2.24, 2.45) is 0 Å². The van der Waals surface area contributed by atoms with Gasteiger partial charge in [0.25, 0.3) is 5.92 Å². The number of hydrogen-bond acceptors (Lipinski definition) is 4. The van der Waals surface area contributed by atoms with Crippen LogP contribution >= 0.6 is 0 Å². The highest BCUT2D eigenvalue weighted by molar-refractivity contribution is 5.80. The highest BCUT2D eigenvalue weighted by Crippen LogP contribution is 2.40. The standard InChI is InChI=1S/C15H12F3N3O2/c16-12-4-2-1-3-10(12)11-5-7-19-14(13(11)21(22)23)20-8-6-15(17,18)9-20/h1-5,7H,6,8-9H2. The van der Waals surface area contributed by atoms with Gasteiger partial charge < -0.3 is 4.90 Å². The van der Waals surface area contributed by atoms with Gasteiger partial charge in [-0.15, -0.1) is 0 Å². The second kappa shape index (κ2) is 5.53. The summed E-state index contributed by atoms with van der Waals surface area (Å²) in [4.78, 5) is 15.8. The fraction of sp³-hybridized carbons (Fsp3) is 0.267. The van der Waals surface area contributed by atoms with Gasteiger partial charge in [0.2, 0.25) is 5.82 Å². The van der Waals surface area contributed by atoms with E-state index in [9.17, 15) is 23.3 Å². The Balaban J connectivity index is 2.14. The van der Waals surface area contributed by atoms with E-state index in [0.717, 1.165) is 0 Å². The van der Waals surface area contributed by atoms with Gasteiger partial charge in [-0.2, -0.15) is 0 Å². The lowest BCUT2D eigenvalue weighted by molar-refractivity contribution is -0.383. The normalized spacial score (nSPS) is 16.6. The van der Waals surface area contributed by atoms with Crippen LogP contribution in [0.4, 0.5) is 24.7 Å². The molecule has 5 nitrogen and oxygen atoms in total. The smallest absolute Gasteiger partial charge is 0.319 e. The molecule has 8 heteroatoms. The first kappa shape index (κ1) is 15.3. The van der Waals surface area contributed by atoms with E-state index in [1.807, 2.05) is 0 Å². The zero-order chi connectivity index (χ0) is 16.6. The van der Waals surface area contributed by atoms with E-state index >= 15 is 0 Å². The van der Waals surface area contributed by atoms with Crippen molar-refractivity contribution in [1.29, 1.82) is 0 Å². The van der Waals surface area contributed by atoms with E-state index in [1.54, 1.807) is 6.07 Å². The van der Waals surface area contributed by atoms with E-state index in [1.165, 1.54) is 35.4 Å². The Labute approximate surface area is 129 Å². The summed E-state index contributed by atoms with van der Waals surface area (Å²) in [6.07, 6.45) is 0.871. The van der Waals surface area contributed by atoms with E-state index < -0.39 is 35.3 Å². The molecule has 1 aromatic heterocycles. The molecule has 23 heavy (non-hydrogen) atoms. The molecular formula is C15H12F3N3O2. The fourth-order valence-corrected chi connectivity index (χ4v) is 2.67. The zero-order valence-corrected chi connectivity index (χ0v) is 11.9. The van der Waals surface area contributed by atoms with Gasteiger partial charge in [-0.3, -0.25) is 10.1 Å². The van der Waals surface area contributed by atoms with Crippen LogP contribution in [0, 0.1) is 15.9 Å². The van der Waals surface area contributed by atoms with Gasteiger partial charge >= 0.3 is 5.69 Å². The van der Waals surface area contributed by atoms with Crippen molar-refractivity contribution in [3.05, 3.63) is 52.5 Å². The molecule has 3 rings (SSSR count). The lowest BCUT2D eigenvalue weighted by Crippen LogP contribution is -2.26. The van der Waals surface area contributed by atoms with Gasteiger partial charge in [0.15, 0.2) is 0 Å². The molecule has 1 aromatic carbocycles. The molecule has 0 aliphatic carbocycles. The fourth-order valence-electron chi connectivity index (χ4n) is 2.67. The summed E-state index contributed by atoms with van der Waals surface area (Å²) in [5.74, 6) is -3.70. The van der Waals surface area contributed by atoms with Crippen LogP contribution in [0.2, 0.25) is 0 Å². The Bertz CT molecular complexity index is 767. The molecule has 0 N–H and O–H groups in total. The lowest BCUT2D eigenvalue weighted by atomic mass is 10.0. The first-order chi connectivity index (χ1) is 10.9. The van der Waals surface area contributed by atoms with Crippen molar-refractivity contribution >= 4 is 11.5 Å². The van der Waals surface area contributed by atoms with E-state index in [4.69, 9.17) is 0 Å². The summed E-state index contributed by atoms with van der Waals surface area (Å²) >= 11 is 0. The number of alkyl halides is 2. The Morgan fingerprint density at radius 2 is 1.96 bits per heavy atom. The van der Waals surface area contributed by atoms with Crippen LogP contribution in [0.15, 0.2) is 36.5 Å². The first-order valence-corrected chi connectivity index (χ1v) is 6.90. The van der Waals surface area contributed by atoms with Crippen LogP contribution in [-0.4, -0.2) is 28.9 Å². The topological polar surface area (TPSA) is 59.3 Å². The summed E-state index contributed by atoms with van der Waals surface area (Å²) in [5.41, 5.74) is -0.405. The van der Waals surface area contributed by atoms with Crippen molar-refractivity contribution in [2.45, 2.75) is 12.3 Å². The molecule has 0 amide bonds. The number of nitro groups is 1. The van der Waals surface area contributed by atoms with Crippen molar-refractivity contribution in [3.63, 3.8) is 0 Å². The number of nitrogens with zero attached hydrogens (tertiary/aromatic N) is 3. The molecule has 0 atom stereocenters. The Morgan fingerprint density at radius 1 is 1.22 bits per heavy atom. The van der Waals surface area contributed by atoms with Crippen molar-refractivity contribution in [1.82, 2.24) is 4.98 Å². The molecular weight excluding hydrogens is 311 g/mol. The minimum Gasteiger partial charge on any atom is -0.345 e. The highest BCUT2D eigenvalue weighted by Gasteiger charge is 2.41. The van der Waals surface area contributed by atoms with Crippen LogP contribution < -0.4 is 4.90 Å². The van der Waals surface area contributed by atoms with Crippen LogP contribution in [0.5, 0.6) is 0 Å². The number of rotatable bonds is 3. The SMILES string of the molecule is O=[N+]([O-])c1c(-c2ccccc2F)ccnc1N1CCC(F)(F)C1. The Hall–Kier alpha value is -2.64. The molecule has 0 saturated carbocycles. The summed E-state index contributed by atoms with van der Waals surface area (Å²) in [5, 5.41) is 11.5. The highest BCUT2D eigenvalue weighted by atomic mass is 19.3. The second-order valence-electron chi connectivity index (χ2n) is 5.30. The van der Waals surface area contributed by atoms with Crippen LogP contribution in [0.3, 0.4) is 0 Å². The number of halogens is 3. The molecule has 1 saturated heterocycles. The third-order valence-corrected chi connectivity index (χ3v) is 3.72. The Morgan fingerprint density at radius 3 is 2.57 bits per heavy atom. The molecule has 0 bridgehead atoms. The number of hydrogen-bond donors (Lipinski definition) is 0. The lowest BCUT2D eigenvalue weighted by Gasteiger charge is -2.18. The largest absolute Gasteiger partial charge is 0.345 e. The van der Waals surface area contributed by atoms with Crippen LogP contribution in [0.1, 0.15) is 6.42 Å². The average molecular weight is 323 g/mol.